The van der Waals surface area contributed by atoms with E-state index >= 15 is 0 Å². The van der Waals surface area contributed by atoms with Crippen LogP contribution in [-0.2, 0) is 4.79 Å². The van der Waals surface area contributed by atoms with Crippen LogP contribution in [0.5, 0.6) is 0 Å². The van der Waals surface area contributed by atoms with Crippen molar-refractivity contribution in [2.75, 3.05) is 0 Å². The van der Waals surface area contributed by atoms with Gasteiger partial charge < -0.3 is 0 Å². The van der Waals surface area contributed by atoms with Crippen LogP contribution in [0.3, 0.4) is 0 Å². The first-order valence-electron chi connectivity index (χ1n) is 9.79. The number of hydrogen-bond acceptors (Lipinski definition) is 4. The summed E-state index contributed by atoms with van der Waals surface area (Å²) in [6.45, 7) is 0. The zero-order chi connectivity index (χ0) is 19.6. The lowest BCUT2D eigenvalue weighted by atomic mass is 9.72. The first-order valence-corrected chi connectivity index (χ1v) is 11.6. The number of Topliss-reactive ketones (excluding diaryl/α,β-unsaturated/α-hetero) is 1. The van der Waals surface area contributed by atoms with Gasteiger partial charge in [0.25, 0.3) is 0 Å². The van der Waals surface area contributed by atoms with Gasteiger partial charge in [-0.05, 0) is 34.0 Å². The molecule has 2 nitrogen and oxygen atoms in total. The topological polar surface area (TPSA) is 29.1 Å². The minimum atomic E-state index is -0.212. The maximum atomic E-state index is 14.1. The van der Waals surface area contributed by atoms with Crippen molar-refractivity contribution in [3.8, 4) is 0 Å². The van der Waals surface area contributed by atoms with E-state index in [1.165, 1.54) is 9.75 Å². The standard InChI is InChI=1S/C25H21NOS2/c27-25-21(17-9-3-1-4-10-17)23(19-13-7-15-28-19)26-24(20-14-8-16-29-20)22(25)18-11-5-2-6-12-18/h1-16,21-24,26H/t21-,22-,23-,24-/m0/s1. The molecule has 5 rings (SSSR count). The molecule has 0 unspecified atom stereocenters. The first kappa shape index (κ1) is 18.5. The predicted octanol–water partition coefficient (Wildman–Crippen LogP) is 6.33. The Morgan fingerprint density at radius 2 is 1.03 bits per heavy atom. The number of thiophene rings is 2. The summed E-state index contributed by atoms with van der Waals surface area (Å²) in [6.07, 6.45) is 0. The van der Waals surface area contributed by atoms with Crippen molar-refractivity contribution in [3.63, 3.8) is 0 Å². The molecule has 29 heavy (non-hydrogen) atoms. The Hall–Kier alpha value is -2.53. The van der Waals surface area contributed by atoms with Gasteiger partial charge in [0.15, 0.2) is 5.78 Å². The second-order valence-corrected chi connectivity index (χ2v) is 9.29. The lowest BCUT2D eigenvalue weighted by molar-refractivity contribution is -0.125. The Balaban J connectivity index is 1.66. The fourth-order valence-corrected chi connectivity index (χ4v) is 6.02. The van der Waals surface area contributed by atoms with E-state index in [9.17, 15) is 4.79 Å². The van der Waals surface area contributed by atoms with Crippen molar-refractivity contribution in [1.82, 2.24) is 5.32 Å². The maximum absolute atomic E-state index is 14.1. The predicted molar refractivity (Wildman–Crippen MR) is 121 cm³/mol. The Morgan fingerprint density at radius 3 is 1.41 bits per heavy atom. The minimum Gasteiger partial charge on any atom is -0.300 e. The Bertz CT molecular complexity index is 973. The summed E-state index contributed by atoms with van der Waals surface area (Å²) in [5, 5.41) is 8.07. The summed E-state index contributed by atoms with van der Waals surface area (Å²) >= 11 is 3.43. The number of piperidine rings is 1. The fraction of sp³-hybridized carbons (Fsp3) is 0.160. The smallest absolute Gasteiger partial charge is 0.151 e. The van der Waals surface area contributed by atoms with Crippen LogP contribution in [0.15, 0.2) is 95.7 Å². The summed E-state index contributed by atoms with van der Waals surface area (Å²) in [6, 6.07) is 28.8. The molecule has 1 fully saturated rings. The van der Waals surface area contributed by atoms with Gasteiger partial charge in [-0.1, -0.05) is 72.8 Å². The lowest BCUT2D eigenvalue weighted by Gasteiger charge is -2.41. The zero-order valence-electron chi connectivity index (χ0n) is 15.8. The SMILES string of the molecule is O=C1[C@@H](c2ccccc2)[C@H](c2cccs2)N[C@@H](c2cccs2)[C@@H]1c1ccccc1. The van der Waals surface area contributed by atoms with Gasteiger partial charge >= 0.3 is 0 Å². The van der Waals surface area contributed by atoms with Crippen molar-refractivity contribution >= 4 is 28.5 Å². The molecule has 4 atom stereocenters. The second kappa shape index (κ2) is 8.07. The number of hydrogen-bond donors (Lipinski definition) is 1. The molecule has 1 N–H and O–H groups in total. The van der Waals surface area contributed by atoms with Crippen LogP contribution < -0.4 is 5.32 Å². The number of carbonyl (C=O) groups is 1. The Morgan fingerprint density at radius 1 is 0.586 bits per heavy atom. The summed E-state index contributed by atoms with van der Waals surface area (Å²) < 4.78 is 0. The summed E-state index contributed by atoms with van der Waals surface area (Å²) in [7, 11) is 0. The van der Waals surface area contributed by atoms with Crippen molar-refractivity contribution in [2.24, 2.45) is 0 Å². The number of carbonyl (C=O) groups excluding carboxylic acids is 1. The van der Waals surface area contributed by atoms with E-state index in [-0.39, 0.29) is 29.7 Å². The van der Waals surface area contributed by atoms with Gasteiger partial charge in [-0.3, -0.25) is 10.1 Å². The van der Waals surface area contributed by atoms with Crippen molar-refractivity contribution in [1.29, 1.82) is 0 Å². The monoisotopic (exact) mass is 415 g/mol. The molecule has 2 aromatic carbocycles. The normalized spacial score (nSPS) is 24.5. The van der Waals surface area contributed by atoms with E-state index in [4.69, 9.17) is 0 Å². The van der Waals surface area contributed by atoms with Gasteiger partial charge in [0.05, 0.1) is 23.9 Å². The van der Waals surface area contributed by atoms with E-state index in [1.807, 2.05) is 36.4 Å². The third-order valence-corrected chi connectivity index (χ3v) is 7.57. The van der Waals surface area contributed by atoms with Gasteiger partial charge in [0.2, 0.25) is 0 Å². The summed E-state index contributed by atoms with van der Waals surface area (Å²) in [5.41, 5.74) is 2.16. The van der Waals surface area contributed by atoms with E-state index < -0.39 is 0 Å². The molecular weight excluding hydrogens is 394 g/mol. The Kier molecular flexibility index (Phi) is 5.15. The van der Waals surface area contributed by atoms with E-state index in [0.29, 0.717) is 0 Å². The third-order valence-electron chi connectivity index (χ3n) is 5.66. The Labute approximate surface area is 178 Å². The molecule has 4 aromatic rings. The molecule has 0 bridgehead atoms. The van der Waals surface area contributed by atoms with Crippen LogP contribution >= 0.6 is 22.7 Å². The number of rotatable bonds is 4. The highest BCUT2D eigenvalue weighted by Crippen LogP contribution is 2.48. The molecule has 3 heterocycles. The van der Waals surface area contributed by atoms with Gasteiger partial charge in [-0.25, -0.2) is 0 Å². The highest BCUT2D eigenvalue weighted by Gasteiger charge is 2.46. The highest BCUT2D eigenvalue weighted by molar-refractivity contribution is 7.10. The molecule has 4 heteroatoms. The van der Waals surface area contributed by atoms with Crippen molar-refractivity contribution in [2.45, 2.75) is 23.9 Å². The number of ketones is 1. The number of benzene rings is 2. The van der Waals surface area contributed by atoms with E-state index in [0.717, 1.165) is 11.1 Å². The van der Waals surface area contributed by atoms with Gasteiger partial charge in [-0.2, -0.15) is 0 Å². The van der Waals surface area contributed by atoms with Crippen LogP contribution in [0.25, 0.3) is 0 Å². The van der Waals surface area contributed by atoms with Crippen LogP contribution in [0, 0.1) is 0 Å². The molecule has 0 aliphatic carbocycles. The quantitative estimate of drug-likeness (QED) is 0.422. The number of nitrogens with one attached hydrogen (secondary N) is 1. The van der Waals surface area contributed by atoms with E-state index in [1.54, 1.807) is 22.7 Å². The lowest BCUT2D eigenvalue weighted by Crippen LogP contribution is -2.45. The molecule has 1 saturated heterocycles. The van der Waals surface area contributed by atoms with Gasteiger partial charge in [-0.15, -0.1) is 22.7 Å². The maximum Gasteiger partial charge on any atom is 0.151 e. The molecule has 0 saturated carbocycles. The average Bonchev–Trinajstić information content (AvgIpc) is 3.49. The van der Waals surface area contributed by atoms with Gasteiger partial charge in [0, 0.05) is 9.75 Å². The molecule has 0 amide bonds. The average molecular weight is 416 g/mol. The fourth-order valence-electron chi connectivity index (χ4n) is 4.37. The minimum absolute atomic E-state index is 0.0306. The highest BCUT2D eigenvalue weighted by atomic mass is 32.1. The van der Waals surface area contributed by atoms with Crippen LogP contribution in [-0.4, -0.2) is 5.78 Å². The molecule has 0 radical (unpaired) electrons. The molecule has 1 aliphatic rings. The van der Waals surface area contributed by atoms with Crippen molar-refractivity contribution < 1.29 is 4.79 Å². The third kappa shape index (κ3) is 3.48. The molecule has 1 aliphatic heterocycles. The molecule has 2 aromatic heterocycles. The van der Waals surface area contributed by atoms with Gasteiger partial charge in [0.1, 0.15) is 0 Å². The van der Waals surface area contributed by atoms with Crippen LogP contribution in [0.2, 0.25) is 0 Å². The summed E-state index contributed by atoms with van der Waals surface area (Å²) in [5.74, 6) is -0.134. The molecular formula is C25H21NOS2. The summed E-state index contributed by atoms with van der Waals surface area (Å²) in [4.78, 5) is 16.5. The van der Waals surface area contributed by atoms with Crippen LogP contribution in [0.4, 0.5) is 0 Å². The molecule has 144 valence electrons. The van der Waals surface area contributed by atoms with Crippen molar-refractivity contribution in [3.05, 3.63) is 117 Å². The largest absolute Gasteiger partial charge is 0.300 e. The van der Waals surface area contributed by atoms with Crippen LogP contribution in [0.1, 0.15) is 44.8 Å². The van der Waals surface area contributed by atoms with E-state index in [2.05, 4.69) is 64.6 Å². The second-order valence-electron chi connectivity index (χ2n) is 7.33. The zero-order valence-corrected chi connectivity index (χ0v) is 17.4. The molecule has 0 spiro atoms. The first-order chi connectivity index (χ1) is 14.3.